The first-order valence-corrected chi connectivity index (χ1v) is 11.9. The van der Waals surface area contributed by atoms with Crippen molar-refractivity contribution in [3.05, 3.63) is 90.4 Å². The number of imidazole rings is 2. The number of benzene rings is 2. The van der Waals surface area contributed by atoms with Gasteiger partial charge in [-0.2, -0.15) is 10.2 Å². The maximum Gasteiger partial charge on any atom is 0.237 e. The second-order valence-corrected chi connectivity index (χ2v) is 8.98. The van der Waals surface area contributed by atoms with Gasteiger partial charge >= 0.3 is 0 Å². The van der Waals surface area contributed by atoms with Gasteiger partial charge in [0.1, 0.15) is 24.0 Å². The molecular weight excluding hydrogens is 466 g/mol. The summed E-state index contributed by atoms with van der Waals surface area (Å²) in [5.41, 5.74) is 6.01. The zero-order chi connectivity index (χ0) is 24.9. The smallest absolute Gasteiger partial charge is 0.237 e. The molecule has 6 aromatic rings. The number of aliphatic hydroxyl groups is 1. The number of hydrogen-bond donors (Lipinski definition) is 1. The Balaban J connectivity index is 1.48. The van der Waals surface area contributed by atoms with Gasteiger partial charge < -0.3 is 9.67 Å². The molecule has 0 aliphatic heterocycles. The third-order valence-corrected chi connectivity index (χ3v) is 6.87. The van der Waals surface area contributed by atoms with Crippen molar-refractivity contribution in [1.82, 2.24) is 39.0 Å². The van der Waals surface area contributed by atoms with Gasteiger partial charge in [0.15, 0.2) is 5.65 Å². The third-order valence-electron chi connectivity index (χ3n) is 6.87. The minimum atomic E-state index is -0.512. The van der Waals surface area contributed by atoms with E-state index in [1.807, 2.05) is 30.3 Å². The predicted octanol–water partition coefficient (Wildman–Crippen LogP) is 3.91. The van der Waals surface area contributed by atoms with E-state index in [-0.39, 0.29) is 6.04 Å². The van der Waals surface area contributed by atoms with Gasteiger partial charge in [0.05, 0.1) is 46.6 Å². The summed E-state index contributed by atoms with van der Waals surface area (Å²) in [5, 5.41) is 20.1. The van der Waals surface area contributed by atoms with E-state index in [9.17, 15) is 10.4 Å². The van der Waals surface area contributed by atoms with Crippen LogP contribution < -0.4 is 0 Å². The zero-order valence-corrected chi connectivity index (χ0v) is 19.5. The number of nitrogens with zero attached hydrogens (tertiary/aromatic N) is 9. The first-order chi connectivity index (χ1) is 18.2. The molecule has 0 spiro atoms. The topological polar surface area (TPSA) is 131 Å². The molecule has 2 aromatic carbocycles. The van der Waals surface area contributed by atoms with Crippen LogP contribution >= 0.6 is 0 Å². The molecule has 1 aliphatic rings. The summed E-state index contributed by atoms with van der Waals surface area (Å²) in [6.07, 6.45) is 9.13. The van der Waals surface area contributed by atoms with Gasteiger partial charge in [0.2, 0.25) is 5.95 Å². The molecule has 4 aromatic heterocycles. The van der Waals surface area contributed by atoms with Crippen LogP contribution in [0.2, 0.25) is 0 Å². The second-order valence-electron chi connectivity index (χ2n) is 8.98. The molecule has 0 saturated carbocycles. The maximum atomic E-state index is 10.7. The molecule has 0 saturated heterocycles. The molecule has 178 valence electrons. The van der Waals surface area contributed by atoms with E-state index in [1.165, 1.54) is 6.33 Å². The molecule has 2 atom stereocenters. The van der Waals surface area contributed by atoms with Crippen LogP contribution in [0.5, 0.6) is 0 Å². The lowest BCUT2D eigenvalue weighted by Gasteiger charge is -2.31. The normalized spacial score (nSPS) is 17.1. The van der Waals surface area contributed by atoms with Crippen LogP contribution in [0.25, 0.3) is 39.5 Å². The Morgan fingerprint density at radius 2 is 1.76 bits per heavy atom. The Morgan fingerprint density at radius 3 is 2.59 bits per heavy atom. The second kappa shape index (κ2) is 8.29. The fraction of sp³-hybridized carbons (Fsp3) is 0.148. The van der Waals surface area contributed by atoms with Crippen LogP contribution in [0.4, 0.5) is 0 Å². The largest absolute Gasteiger partial charge is 0.388 e. The summed E-state index contributed by atoms with van der Waals surface area (Å²) in [5.74, 6) is 1.10. The molecule has 37 heavy (non-hydrogen) atoms. The highest BCUT2D eigenvalue weighted by atomic mass is 16.3. The van der Waals surface area contributed by atoms with Crippen molar-refractivity contribution < 1.29 is 5.11 Å². The van der Waals surface area contributed by atoms with Gasteiger partial charge in [-0.05, 0) is 42.2 Å². The third kappa shape index (κ3) is 3.36. The van der Waals surface area contributed by atoms with Crippen LogP contribution in [0, 0.1) is 11.3 Å². The summed E-state index contributed by atoms with van der Waals surface area (Å²) in [4.78, 5) is 27.3. The highest BCUT2D eigenvalue weighted by Crippen LogP contribution is 2.41. The van der Waals surface area contributed by atoms with Crippen molar-refractivity contribution in [3.63, 3.8) is 0 Å². The van der Waals surface area contributed by atoms with Crippen molar-refractivity contribution in [3.8, 4) is 23.4 Å². The fourth-order valence-corrected chi connectivity index (χ4v) is 5.16. The first-order valence-electron chi connectivity index (χ1n) is 11.9. The summed E-state index contributed by atoms with van der Waals surface area (Å²) in [7, 11) is 0. The van der Waals surface area contributed by atoms with E-state index in [0.717, 1.165) is 27.7 Å². The zero-order valence-electron chi connectivity index (χ0n) is 19.5. The Kier molecular flexibility index (Phi) is 4.77. The number of rotatable bonds is 3. The molecule has 0 fully saturated rings. The number of fused-ring (bicyclic) bond motifs is 3. The monoisotopic (exact) mass is 485 g/mol. The Bertz CT molecular complexity index is 1830. The standard InChI is InChI=1S/C27H19N9O/c28-10-16-5-6-20-23(9-16)35(15-32-20)27-31-13-21-26(34-27)36(25(33-21)17-11-29-14-30-12-17)22-7-8-24(37)19-4-2-1-3-18(19)22/h1-6,9,11-15,22,24,37H,7-8H2/t22-,24-/m1/s1. The lowest BCUT2D eigenvalue weighted by Crippen LogP contribution is -2.21. The summed E-state index contributed by atoms with van der Waals surface area (Å²) >= 11 is 0. The maximum absolute atomic E-state index is 10.7. The minimum Gasteiger partial charge on any atom is -0.388 e. The van der Waals surface area contributed by atoms with Crippen molar-refractivity contribution >= 4 is 22.2 Å². The van der Waals surface area contributed by atoms with Crippen molar-refractivity contribution in [2.75, 3.05) is 0 Å². The molecule has 10 nitrogen and oxygen atoms in total. The minimum absolute atomic E-state index is 0.104. The molecule has 4 heterocycles. The van der Waals surface area contributed by atoms with E-state index in [4.69, 9.17) is 9.97 Å². The summed E-state index contributed by atoms with van der Waals surface area (Å²) < 4.78 is 3.88. The highest BCUT2D eigenvalue weighted by molar-refractivity contribution is 5.80. The first kappa shape index (κ1) is 21.3. The van der Waals surface area contributed by atoms with Gasteiger partial charge in [0, 0.05) is 12.4 Å². The SMILES string of the molecule is N#Cc1ccc2ncn(-c3ncc4nc(-c5cncnc5)n([C@@H]5CC[C@@H](O)c6ccccc65)c4n3)c2c1. The van der Waals surface area contributed by atoms with Gasteiger partial charge in [-0.15, -0.1) is 0 Å². The molecular formula is C27H19N9O. The lowest BCUT2D eigenvalue weighted by atomic mass is 9.85. The Morgan fingerprint density at radius 1 is 0.919 bits per heavy atom. The number of hydrogen-bond acceptors (Lipinski definition) is 8. The molecule has 0 radical (unpaired) electrons. The quantitative estimate of drug-likeness (QED) is 0.399. The van der Waals surface area contributed by atoms with Gasteiger partial charge in [-0.1, -0.05) is 24.3 Å². The number of aliphatic hydroxyl groups excluding tert-OH is 1. The van der Waals surface area contributed by atoms with Gasteiger partial charge in [0.25, 0.3) is 0 Å². The number of nitriles is 1. The predicted molar refractivity (Wildman–Crippen MR) is 134 cm³/mol. The van der Waals surface area contributed by atoms with E-state index in [1.54, 1.807) is 41.6 Å². The van der Waals surface area contributed by atoms with E-state index in [0.29, 0.717) is 41.3 Å². The van der Waals surface area contributed by atoms with Crippen LogP contribution in [0.1, 0.15) is 41.7 Å². The van der Waals surface area contributed by atoms with E-state index >= 15 is 0 Å². The highest BCUT2D eigenvalue weighted by Gasteiger charge is 2.31. The summed E-state index contributed by atoms with van der Waals surface area (Å²) in [6, 6.07) is 15.4. The average molecular weight is 486 g/mol. The molecule has 0 unspecified atom stereocenters. The molecule has 1 aliphatic carbocycles. The summed E-state index contributed by atoms with van der Waals surface area (Å²) in [6.45, 7) is 0. The Hall–Kier alpha value is -5.01. The van der Waals surface area contributed by atoms with Crippen LogP contribution in [-0.2, 0) is 0 Å². The molecule has 0 bridgehead atoms. The van der Waals surface area contributed by atoms with Crippen molar-refractivity contribution in [2.45, 2.75) is 25.0 Å². The Labute approximate surface area is 210 Å². The number of aromatic nitrogens is 8. The van der Waals surface area contributed by atoms with E-state index in [2.05, 4.69) is 30.6 Å². The fourth-order valence-electron chi connectivity index (χ4n) is 5.16. The molecule has 0 amide bonds. The van der Waals surface area contributed by atoms with Crippen LogP contribution in [0.15, 0.2) is 73.7 Å². The average Bonchev–Trinajstić information content (AvgIpc) is 3.55. The van der Waals surface area contributed by atoms with Gasteiger partial charge in [-0.25, -0.2) is 24.9 Å². The van der Waals surface area contributed by atoms with Crippen molar-refractivity contribution in [2.24, 2.45) is 0 Å². The van der Waals surface area contributed by atoms with Crippen LogP contribution in [0.3, 0.4) is 0 Å². The van der Waals surface area contributed by atoms with Gasteiger partial charge in [-0.3, -0.25) is 4.57 Å². The lowest BCUT2D eigenvalue weighted by molar-refractivity contribution is 0.148. The van der Waals surface area contributed by atoms with Crippen LogP contribution in [-0.4, -0.2) is 44.1 Å². The molecule has 7 rings (SSSR count). The molecule has 1 N–H and O–H groups in total. The molecule has 10 heteroatoms. The van der Waals surface area contributed by atoms with Crippen molar-refractivity contribution in [1.29, 1.82) is 5.26 Å². The van der Waals surface area contributed by atoms with E-state index < -0.39 is 6.10 Å².